The molecule has 82 heavy (non-hydrogen) atoms. The fraction of sp³-hybridized carbons (Fsp3) is 0.0886. The molecule has 0 radical (unpaired) electrons. The first-order chi connectivity index (χ1) is 40.2. The zero-order valence-electron chi connectivity index (χ0n) is 46.2. The molecule has 1 spiro atoms. The molecule has 3 nitrogen and oxygen atoms in total. The van der Waals surface area contributed by atoms with E-state index in [0.29, 0.717) is 0 Å². The number of hydrogen-bond acceptors (Lipinski definition) is 2. The van der Waals surface area contributed by atoms with Gasteiger partial charge in [-0.2, -0.15) is 0 Å². The van der Waals surface area contributed by atoms with Crippen LogP contribution in [-0.2, 0) is 16.2 Å². The van der Waals surface area contributed by atoms with Gasteiger partial charge in [-0.05, 0) is 156 Å². The highest BCUT2D eigenvalue weighted by Crippen LogP contribution is 2.67. The summed E-state index contributed by atoms with van der Waals surface area (Å²) in [6.07, 6.45) is 0. The van der Waals surface area contributed by atoms with E-state index in [2.05, 4.69) is 303 Å². The minimum Gasteiger partial charge on any atom is -0.310 e. The molecule has 2 aromatic heterocycles. The average Bonchev–Trinajstić information content (AvgIpc) is 1.55. The maximum Gasteiger partial charge on any atom is 0.0727 e. The Kier molecular flexibility index (Phi) is 9.01. The molecule has 0 fully saturated rings. The zero-order valence-corrected chi connectivity index (χ0v) is 46.2. The summed E-state index contributed by atoms with van der Waals surface area (Å²) in [5.41, 5.74) is 30.5. The molecule has 4 aliphatic rings. The number of rotatable bonds is 6. The molecule has 0 N–H and O–H groups in total. The summed E-state index contributed by atoms with van der Waals surface area (Å²) in [7, 11) is 0. The van der Waals surface area contributed by atoms with Crippen molar-refractivity contribution in [3.05, 3.63) is 305 Å². The summed E-state index contributed by atoms with van der Waals surface area (Å²) in [6, 6.07) is 99.3. The Labute approximate surface area is 477 Å². The van der Waals surface area contributed by atoms with Gasteiger partial charge in [0.1, 0.15) is 0 Å². The van der Waals surface area contributed by atoms with E-state index >= 15 is 0 Å². The topological polar surface area (TPSA) is 10.9 Å². The van der Waals surface area contributed by atoms with Crippen molar-refractivity contribution in [1.29, 1.82) is 0 Å². The van der Waals surface area contributed by atoms with E-state index in [1.54, 1.807) is 0 Å². The summed E-state index contributed by atoms with van der Waals surface area (Å²) in [5.74, 6) is 0. The number of fused-ring (bicyclic) bond motifs is 23. The minimum absolute atomic E-state index is 0.106. The fourth-order valence-electron chi connectivity index (χ4n) is 16.2. The molecule has 386 valence electrons. The number of aromatic nitrogens is 1. The van der Waals surface area contributed by atoms with E-state index in [1.165, 1.54) is 127 Å². The van der Waals surface area contributed by atoms with Crippen molar-refractivity contribution in [2.75, 3.05) is 9.80 Å². The number of nitrogens with zero attached hydrogens (tertiary/aromatic N) is 3. The molecule has 14 aromatic rings. The predicted octanol–water partition coefficient (Wildman–Crippen LogP) is 20.7. The molecule has 0 bridgehead atoms. The Balaban J connectivity index is 0.982. The van der Waals surface area contributed by atoms with Gasteiger partial charge in [0.05, 0.1) is 27.7 Å². The molecule has 2 heterocycles. The predicted molar refractivity (Wildman–Crippen MR) is 342 cm³/mol. The molecule has 12 aromatic carbocycles. The van der Waals surface area contributed by atoms with Crippen molar-refractivity contribution in [2.45, 2.75) is 43.9 Å². The second-order valence-electron chi connectivity index (χ2n) is 24.3. The lowest BCUT2D eigenvalue weighted by Crippen LogP contribution is -2.26. The number of para-hydroxylation sites is 4. The van der Waals surface area contributed by atoms with Crippen LogP contribution >= 0.6 is 0 Å². The lowest BCUT2D eigenvalue weighted by atomic mass is 9.70. The van der Waals surface area contributed by atoms with Gasteiger partial charge in [0.2, 0.25) is 0 Å². The standard InChI is InChI=1S/C79H55N3/c1-77(2)63-33-16-11-28-55(63)61-44-50(39-42-65(61)77)80(48-22-7-5-8-23-48)52-38-41-59-69(46-52)79(67-35-18-13-26-53(67)54-27-14-19-36-68(54)79)70-47-72(74-60-32-21-31-58-57-30-15-20-37-71(57)82(75(58)60)76(74)73(59)70)81(49-24-9-6-10-25-49)51-40-43-66-62(45-51)56-29-12-17-34-64(56)78(66,3)4/h5-47H,1-4H3. The van der Waals surface area contributed by atoms with Crippen LogP contribution in [0.25, 0.3) is 82.6 Å². The van der Waals surface area contributed by atoms with E-state index in [-0.39, 0.29) is 10.8 Å². The monoisotopic (exact) mass is 1050 g/mol. The van der Waals surface area contributed by atoms with E-state index in [9.17, 15) is 0 Å². The largest absolute Gasteiger partial charge is 0.310 e. The van der Waals surface area contributed by atoms with Gasteiger partial charge in [-0.15, -0.1) is 0 Å². The molecule has 18 rings (SSSR count). The highest BCUT2D eigenvalue weighted by molar-refractivity contribution is 6.29. The molecule has 0 amide bonds. The number of anilines is 6. The first kappa shape index (κ1) is 45.9. The van der Waals surface area contributed by atoms with Crippen molar-refractivity contribution in [3.63, 3.8) is 0 Å². The van der Waals surface area contributed by atoms with Crippen LogP contribution in [0.2, 0.25) is 0 Å². The van der Waals surface area contributed by atoms with Crippen molar-refractivity contribution in [2.24, 2.45) is 0 Å². The van der Waals surface area contributed by atoms with Crippen LogP contribution in [0.1, 0.15) is 72.2 Å². The second kappa shape index (κ2) is 16.1. The first-order valence-corrected chi connectivity index (χ1v) is 29.0. The van der Waals surface area contributed by atoms with Gasteiger partial charge in [-0.1, -0.05) is 216 Å². The summed E-state index contributed by atoms with van der Waals surface area (Å²) < 4.78 is 2.64. The lowest BCUT2D eigenvalue weighted by Gasteiger charge is -2.34. The van der Waals surface area contributed by atoms with Gasteiger partial charge in [-0.3, -0.25) is 0 Å². The number of benzene rings is 12. The third kappa shape index (κ3) is 5.70. The maximum absolute atomic E-state index is 2.64. The Hall–Kier alpha value is -9.96. The molecular weight excluding hydrogens is 991 g/mol. The third-order valence-electron chi connectivity index (χ3n) is 19.7. The van der Waals surface area contributed by atoms with Crippen LogP contribution in [0.5, 0.6) is 0 Å². The average molecular weight is 1050 g/mol. The summed E-state index contributed by atoms with van der Waals surface area (Å²) in [5, 5.41) is 5.03. The Morgan fingerprint density at radius 2 is 0.732 bits per heavy atom. The molecule has 3 heteroatoms. The molecule has 0 atom stereocenters. The van der Waals surface area contributed by atoms with Gasteiger partial charge in [0, 0.05) is 66.4 Å². The molecule has 0 saturated carbocycles. The van der Waals surface area contributed by atoms with Gasteiger partial charge in [0.25, 0.3) is 0 Å². The zero-order chi connectivity index (χ0) is 54.4. The summed E-state index contributed by atoms with van der Waals surface area (Å²) in [4.78, 5) is 5.08. The third-order valence-corrected chi connectivity index (χ3v) is 19.7. The van der Waals surface area contributed by atoms with Crippen molar-refractivity contribution in [1.82, 2.24) is 4.40 Å². The van der Waals surface area contributed by atoms with E-state index < -0.39 is 5.41 Å². The molecule has 0 saturated heterocycles. The van der Waals surface area contributed by atoms with Crippen molar-refractivity contribution >= 4 is 72.2 Å². The Morgan fingerprint density at radius 1 is 0.280 bits per heavy atom. The van der Waals surface area contributed by atoms with Crippen LogP contribution in [-0.4, -0.2) is 4.40 Å². The second-order valence-corrected chi connectivity index (χ2v) is 24.3. The van der Waals surface area contributed by atoms with Crippen LogP contribution in [0.3, 0.4) is 0 Å². The highest BCUT2D eigenvalue weighted by Gasteiger charge is 2.53. The molecule has 4 aliphatic carbocycles. The van der Waals surface area contributed by atoms with E-state index in [1.807, 2.05) is 0 Å². The normalized spacial score (nSPS) is 14.9. The fourth-order valence-corrected chi connectivity index (χ4v) is 16.2. The van der Waals surface area contributed by atoms with Gasteiger partial charge < -0.3 is 14.2 Å². The minimum atomic E-state index is -0.707. The van der Waals surface area contributed by atoms with Crippen molar-refractivity contribution < 1.29 is 0 Å². The number of hydrogen-bond donors (Lipinski definition) is 0. The van der Waals surface area contributed by atoms with Crippen LogP contribution < -0.4 is 9.80 Å². The molecule has 0 unspecified atom stereocenters. The van der Waals surface area contributed by atoms with E-state index in [4.69, 9.17) is 0 Å². The Bertz CT molecular complexity index is 5010. The smallest absolute Gasteiger partial charge is 0.0727 e. The quantitative estimate of drug-likeness (QED) is 0.164. The van der Waals surface area contributed by atoms with Gasteiger partial charge in [-0.25, -0.2) is 0 Å². The molecule has 0 aliphatic heterocycles. The van der Waals surface area contributed by atoms with Crippen LogP contribution in [0.15, 0.2) is 261 Å². The molecular formula is C79H55N3. The SMILES string of the molecule is CC1(C)c2ccccc2-c2cc(N(c3ccccc3)c3ccc4c(c3)C3(c5ccccc5-c5ccccc53)c3cc(N(c5ccccc5)c5ccc6c(c5)-c5ccccc5C6(C)C)c5c6cccc7c8ccccc8n(c5c3-4)c76)ccc21. The maximum atomic E-state index is 2.64. The van der Waals surface area contributed by atoms with Crippen LogP contribution in [0.4, 0.5) is 34.1 Å². The first-order valence-electron chi connectivity index (χ1n) is 29.0. The van der Waals surface area contributed by atoms with Gasteiger partial charge >= 0.3 is 0 Å². The lowest BCUT2D eigenvalue weighted by molar-refractivity contribution is 0.660. The van der Waals surface area contributed by atoms with Gasteiger partial charge in [0.15, 0.2) is 0 Å². The van der Waals surface area contributed by atoms with Crippen LogP contribution in [0, 0.1) is 0 Å². The van der Waals surface area contributed by atoms with E-state index in [0.717, 1.165) is 34.1 Å². The van der Waals surface area contributed by atoms with Crippen molar-refractivity contribution in [3.8, 4) is 44.5 Å². The highest BCUT2D eigenvalue weighted by atomic mass is 15.2. The summed E-state index contributed by atoms with van der Waals surface area (Å²) in [6.45, 7) is 9.49. The Morgan fingerprint density at radius 3 is 1.34 bits per heavy atom. The summed E-state index contributed by atoms with van der Waals surface area (Å²) >= 11 is 0.